The molecule has 0 aliphatic heterocycles. The summed E-state index contributed by atoms with van der Waals surface area (Å²) >= 11 is 0. The number of ether oxygens (including phenoxy) is 1. The molecule has 2 unspecified atom stereocenters. The predicted octanol–water partition coefficient (Wildman–Crippen LogP) is 2.79. The molecular formula is C18H22FN5O. The average molecular weight is 343 g/mol. The summed E-state index contributed by atoms with van der Waals surface area (Å²) < 4.78 is 21.7. The van der Waals surface area contributed by atoms with Crippen LogP contribution < -0.4 is 16.0 Å². The van der Waals surface area contributed by atoms with E-state index in [1.54, 1.807) is 35.1 Å². The first-order valence-corrected chi connectivity index (χ1v) is 8.26. The van der Waals surface area contributed by atoms with Gasteiger partial charge in [0.15, 0.2) is 17.2 Å². The van der Waals surface area contributed by atoms with E-state index in [4.69, 9.17) is 10.6 Å². The largest absolute Gasteiger partial charge is 0.490 e. The Morgan fingerprint density at radius 3 is 2.84 bits per heavy atom. The highest BCUT2D eigenvalue weighted by Gasteiger charge is 2.12. The summed E-state index contributed by atoms with van der Waals surface area (Å²) in [6.45, 7) is 4.48. The van der Waals surface area contributed by atoms with Crippen molar-refractivity contribution in [1.29, 1.82) is 0 Å². The van der Waals surface area contributed by atoms with Crippen molar-refractivity contribution in [2.24, 2.45) is 11.8 Å². The van der Waals surface area contributed by atoms with E-state index in [1.165, 1.54) is 6.07 Å². The Balaban J connectivity index is 1.74. The molecule has 1 aromatic carbocycles. The van der Waals surface area contributed by atoms with Gasteiger partial charge in [0.2, 0.25) is 0 Å². The number of benzene rings is 1. The van der Waals surface area contributed by atoms with Gasteiger partial charge in [0.25, 0.3) is 0 Å². The van der Waals surface area contributed by atoms with Crippen LogP contribution in [0.3, 0.4) is 0 Å². The van der Waals surface area contributed by atoms with Crippen LogP contribution in [0.15, 0.2) is 42.7 Å². The molecule has 0 fully saturated rings. The van der Waals surface area contributed by atoms with Gasteiger partial charge in [-0.05, 0) is 43.5 Å². The Morgan fingerprint density at radius 1 is 1.24 bits per heavy atom. The van der Waals surface area contributed by atoms with Gasteiger partial charge in [0.1, 0.15) is 0 Å². The van der Waals surface area contributed by atoms with Crippen LogP contribution in [0.4, 0.5) is 4.39 Å². The molecule has 2 heterocycles. The standard InChI is InChI=1S/C18H22FN5O/c1-12(9-13(2)23-20)11-25-17-4-3-14(10-15(17)19)16-5-7-21-18-6-8-22-24(16)18/h3-8,10,12-13,23H,9,11,20H2,1-2H3. The number of fused-ring (bicyclic) bond motifs is 1. The molecule has 25 heavy (non-hydrogen) atoms. The van der Waals surface area contributed by atoms with Crippen LogP contribution in [0.2, 0.25) is 0 Å². The fourth-order valence-corrected chi connectivity index (χ4v) is 2.80. The van der Waals surface area contributed by atoms with Crippen molar-refractivity contribution in [2.45, 2.75) is 26.3 Å². The smallest absolute Gasteiger partial charge is 0.165 e. The first-order valence-electron chi connectivity index (χ1n) is 8.26. The Morgan fingerprint density at radius 2 is 2.08 bits per heavy atom. The molecule has 0 radical (unpaired) electrons. The van der Waals surface area contributed by atoms with Gasteiger partial charge in [-0.15, -0.1) is 0 Å². The Bertz CT molecular complexity index is 850. The zero-order valence-electron chi connectivity index (χ0n) is 14.3. The summed E-state index contributed by atoms with van der Waals surface area (Å²) in [6.07, 6.45) is 4.20. The summed E-state index contributed by atoms with van der Waals surface area (Å²) in [7, 11) is 0. The van der Waals surface area contributed by atoms with Crippen molar-refractivity contribution in [2.75, 3.05) is 6.61 Å². The highest BCUT2D eigenvalue weighted by atomic mass is 19.1. The van der Waals surface area contributed by atoms with Crippen molar-refractivity contribution in [3.63, 3.8) is 0 Å². The monoisotopic (exact) mass is 343 g/mol. The molecule has 0 spiro atoms. The Hall–Kier alpha value is -2.51. The van der Waals surface area contributed by atoms with Gasteiger partial charge in [-0.3, -0.25) is 11.3 Å². The van der Waals surface area contributed by atoms with E-state index in [0.717, 1.165) is 23.3 Å². The van der Waals surface area contributed by atoms with Crippen LogP contribution in [0.5, 0.6) is 5.75 Å². The lowest BCUT2D eigenvalue weighted by Gasteiger charge is -2.17. The van der Waals surface area contributed by atoms with Gasteiger partial charge < -0.3 is 4.74 Å². The Kier molecular flexibility index (Phi) is 5.25. The van der Waals surface area contributed by atoms with Crippen LogP contribution in [0.25, 0.3) is 16.9 Å². The molecule has 2 atom stereocenters. The third-order valence-electron chi connectivity index (χ3n) is 4.08. The topological polar surface area (TPSA) is 77.5 Å². The maximum atomic E-state index is 14.4. The number of nitrogens with two attached hydrogens (primary N) is 1. The quantitative estimate of drug-likeness (QED) is 0.509. The van der Waals surface area contributed by atoms with Crippen molar-refractivity contribution in [3.8, 4) is 17.0 Å². The van der Waals surface area contributed by atoms with E-state index >= 15 is 0 Å². The molecule has 7 heteroatoms. The van der Waals surface area contributed by atoms with Crippen molar-refractivity contribution < 1.29 is 9.13 Å². The lowest BCUT2D eigenvalue weighted by atomic mass is 10.0. The highest BCUT2D eigenvalue weighted by molar-refractivity contribution is 5.63. The van der Waals surface area contributed by atoms with Gasteiger partial charge in [-0.2, -0.15) is 5.10 Å². The van der Waals surface area contributed by atoms with E-state index in [-0.39, 0.29) is 17.7 Å². The van der Waals surface area contributed by atoms with E-state index in [0.29, 0.717) is 6.61 Å². The van der Waals surface area contributed by atoms with Gasteiger partial charge in [0.05, 0.1) is 18.5 Å². The van der Waals surface area contributed by atoms with Crippen molar-refractivity contribution in [3.05, 3.63) is 48.5 Å². The minimum Gasteiger partial charge on any atom is -0.490 e. The lowest BCUT2D eigenvalue weighted by molar-refractivity contribution is 0.232. The van der Waals surface area contributed by atoms with Gasteiger partial charge in [-0.25, -0.2) is 13.9 Å². The fourth-order valence-electron chi connectivity index (χ4n) is 2.80. The molecule has 3 aromatic rings. The summed E-state index contributed by atoms with van der Waals surface area (Å²) in [4.78, 5) is 4.21. The van der Waals surface area contributed by atoms with Crippen LogP contribution in [0, 0.1) is 11.7 Å². The van der Waals surface area contributed by atoms with Crippen LogP contribution in [-0.4, -0.2) is 27.2 Å². The molecule has 3 N–H and O–H groups in total. The molecule has 6 nitrogen and oxygen atoms in total. The molecule has 0 bridgehead atoms. The van der Waals surface area contributed by atoms with Crippen LogP contribution in [0.1, 0.15) is 20.3 Å². The van der Waals surface area contributed by atoms with E-state index in [9.17, 15) is 4.39 Å². The number of hydrogen-bond acceptors (Lipinski definition) is 5. The molecule has 0 aliphatic carbocycles. The first-order chi connectivity index (χ1) is 12.1. The molecule has 0 aliphatic rings. The third-order valence-corrected chi connectivity index (χ3v) is 4.08. The number of nitrogens with one attached hydrogen (secondary N) is 1. The first kappa shape index (κ1) is 17.3. The zero-order valence-corrected chi connectivity index (χ0v) is 14.3. The number of rotatable bonds is 7. The normalized spacial score (nSPS) is 13.8. The predicted molar refractivity (Wildman–Crippen MR) is 94.4 cm³/mol. The number of hydrogen-bond donors (Lipinski definition) is 2. The maximum absolute atomic E-state index is 14.4. The van der Waals surface area contributed by atoms with E-state index in [1.807, 2.05) is 19.9 Å². The summed E-state index contributed by atoms with van der Waals surface area (Å²) in [5.74, 6) is 5.50. The van der Waals surface area contributed by atoms with E-state index < -0.39 is 5.82 Å². The number of halogens is 1. The molecule has 0 amide bonds. The van der Waals surface area contributed by atoms with Crippen molar-refractivity contribution in [1.82, 2.24) is 20.0 Å². The second kappa shape index (κ2) is 7.58. The minimum atomic E-state index is -0.396. The highest BCUT2D eigenvalue weighted by Crippen LogP contribution is 2.26. The summed E-state index contributed by atoms with van der Waals surface area (Å²) in [5, 5.41) is 4.23. The van der Waals surface area contributed by atoms with Crippen LogP contribution >= 0.6 is 0 Å². The molecule has 2 aromatic heterocycles. The minimum absolute atomic E-state index is 0.189. The number of nitrogens with zero attached hydrogens (tertiary/aromatic N) is 3. The molecule has 0 saturated carbocycles. The van der Waals surface area contributed by atoms with Crippen molar-refractivity contribution >= 4 is 5.65 Å². The molecule has 0 saturated heterocycles. The molecular weight excluding hydrogens is 321 g/mol. The fraction of sp³-hybridized carbons (Fsp3) is 0.333. The lowest BCUT2D eigenvalue weighted by Crippen LogP contribution is -2.34. The Labute approximate surface area is 145 Å². The zero-order chi connectivity index (χ0) is 17.8. The van der Waals surface area contributed by atoms with Crippen LogP contribution in [-0.2, 0) is 0 Å². The second-order valence-electron chi connectivity index (χ2n) is 6.30. The molecule has 3 rings (SSSR count). The average Bonchev–Trinajstić information content (AvgIpc) is 3.09. The summed E-state index contributed by atoms with van der Waals surface area (Å²) in [5.41, 5.74) is 4.91. The maximum Gasteiger partial charge on any atom is 0.165 e. The number of aromatic nitrogens is 3. The van der Waals surface area contributed by atoms with Gasteiger partial charge in [0, 0.05) is 23.9 Å². The van der Waals surface area contributed by atoms with E-state index in [2.05, 4.69) is 15.5 Å². The number of hydrazine groups is 1. The van der Waals surface area contributed by atoms with Gasteiger partial charge in [-0.1, -0.05) is 6.92 Å². The van der Waals surface area contributed by atoms with Gasteiger partial charge >= 0.3 is 0 Å². The third kappa shape index (κ3) is 3.94. The SMILES string of the molecule is CC(COc1ccc(-c2ccnc3ccnn23)cc1F)CC(C)NN. The molecule has 132 valence electrons. The second-order valence-corrected chi connectivity index (χ2v) is 6.30. The summed E-state index contributed by atoms with van der Waals surface area (Å²) in [6, 6.07) is 8.73.